The molecule has 0 radical (unpaired) electrons. The molecule has 3 atom stereocenters. The minimum Gasteiger partial charge on any atom is -0.354 e. The molecule has 0 aromatic carbocycles. The number of likely N-dealkylation sites (tertiary alicyclic amines) is 1. The van der Waals surface area contributed by atoms with Crippen LogP contribution in [0, 0.1) is 5.92 Å². The standard InChI is InChI=1S/C17H35N3O/c1-5-11-20-12-7-8-16(13-20)15(4)18-10-9-17(21)19-14(3)6-2/h14-16,18H,5-13H2,1-4H3,(H,19,21). The van der Waals surface area contributed by atoms with E-state index in [4.69, 9.17) is 0 Å². The zero-order valence-corrected chi connectivity index (χ0v) is 14.5. The predicted octanol–water partition coefficient (Wildman–Crippen LogP) is 2.39. The molecule has 3 unspecified atom stereocenters. The van der Waals surface area contributed by atoms with Crippen LogP contribution < -0.4 is 10.6 Å². The molecule has 0 aliphatic carbocycles. The van der Waals surface area contributed by atoms with Gasteiger partial charge in [-0.1, -0.05) is 13.8 Å². The summed E-state index contributed by atoms with van der Waals surface area (Å²) in [5.41, 5.74) is 0. The van der Waals surface area contributed by atoms with Crippen molar-refractivity contribution in [2.75, 3.05) is 26.2 Å². The average molecular weight is 297 g/mol. The van der Waals surface area contributed by atoms with E-state index in [1.54, 1.807) is 0 Å². The first-order valence-electron chi connectivity index (χ1n) is 8.81. The van der Waals surface area contributed by atoms with Gasteiger partial charge in [0.2, 0.25) is 5.91 Å². The molecule has 1 fully saturated rings. The molecule has 0 saturated carbocycles. The zero-order chi connectivity index (χ0) is 15.7. The maximum Gasteiger partial charge on any atom is 0.221 e. The lowest BCUT2D eigenvalue weighted by molar-refractivity contribution is -0.121. The molecule has 1 saturated heterocycles. The lowest BCUT2D eigenvalue weighted by Gasteiger charge is -2.36. The van der Waals surface area contributed by atoms with Gasteiger partial charge in [0.1, 0.15) is 0 Å². The Bertz CT molecular complexity index is 294. The first kappa shape index (κ1) is 18.4. The van der Waals surface area contributed by atoms with E-state index in [0.717, 1.165) is 18.9 Å². The molecular weight excluding hydrogens is 262 g/mol. The van der Waals surface area contributed by atoms with Crippen LogP contribution in [0.15, 0.2) is 0 Å². The van der Waals surface area contributed by atoms with Gasteiger partial charge >= 0.3 is 0 Å². The highest BCUT2D eigenvalue weighted by molar-refractivity contribution is 5.76. The summed E-state index contributed by atoms with van der Waals surface area (Å²) in [6.45, 7) is 13.1. The second kappa shape index (κ2) is 10.2. The number of carbonyl (C=O) groups is 1. The lowest BCUT2D eigenvalue weighted by atomic mass is 9.91. The highest BCUT2D eigenvalue weighted by Crippen LogP contribution is 2.19. The average Bonchev–Trinajstić information content (AvgIpc) is 2.47. The lowest BCUT2D eigenvalue weighted by Crippen LogP contribution is -2.45. The van der Waals surface area contributed by atoms with Crippen LogP contribution in [0.5, 0.6) is 0 Å². The summed E-state index contributed by atoms with van der Waals surface area (Å²) in [7, 11) is 0. The van der Waals surface area contributed by atoms with Gasteiger partial charge in [-0.15, -0.1) is 0 Å². The van der Waals surface area contributed by atoms with Gasteiger partial charge in [-0.2, -0.15) is 0 Å². The van der Waals surface area contributed by atoms with Crippen LogP contribution in [0.25, 0.3) is 0 Å². The maximum atomic E-state index is 11.7. The largest absolute Gasteiger partial charge is 0.354 e. The normalized spacial score (nSPS) is 22.8. The second-order valence-electron chi connectivity index (χ2n) is 6.57. The Morgan fingerprint density at radius 2 is 2.10 bits per heavy atom. The van der Waals surface area contributed by atoms with E-state index in [1.807, 2.05) is 0 Å². The van der Waals surface area contributed by atoms with Gasteiger partial charge < -0.3 is 15.5 Å². The van der Waals surface area contributed by atoms with Crippen molar-refractivity contribution in [1.82, 2.24) is 15.5 Å². The van der Waals surface area contributed by atoms with Crippen LogP contribution in [-0.2, 0) is 4.79 Å². The summed E-state index contributed by atoms with van der Waals surface area (Å²) in [5, 5.41) is 6.57. The molecule has 1 aliphatic rings. The third kappa shape index (κ3) is 7.28. The topological polar surface area (TPSA) is 44.4 Å². The first-order chi connectivity index (χ1) is 10.1. The molecule has 0 bridgehead atoms. The van der Waals surface area contributed by atoms with Crippen molar-refractivity contribution in [3.63, 3.8) is 0 Å². The number of nitrogens with zero attached hydrogens (tertiary/aromatic N) is 1. The Kier molecular flexibility index (Phi) is 8.93. The molecule has 1 amide bonds. The van der Waals surface area contributed by atoms with Gasteiger partial charge in [0, 0.05) is 31.6 Å². The third-order valence-electron chi connectivity index (χ3n) is 4.63. The SMILES string of the molecule is CCCN1CCCC(C(C)NCCC(=O)NC(C)CC)C1. The van der Waals surface area contributed by atoms with Gasteiger partial charge in [-0.05, 0) is 58.5 Å². The van der Waals surface area contributed by atoms with Crippen LogP contribution >= 0.6 is 0 Å². The van der Waals surface area contributed by atoms with Crippen molar-refractivity contribution in [1.29, 1.82) is 0 Å². The number of nitrogens with one attached hydrogen (secondary N) is 2. The van der Waals surface area contributed by atoms with Crippen molar-refractivity contribution in [3.8, 4) is 0 Å². The monoisotopic (exact) mass is 297 g/mol. The molecule has 0 aromatic rings. The van der Waals surface area contributed by atoms with E-state index in [2.05, 4.69) is 43.2 Å². The fourth-order valence-electron chi connectivity index (χ4n) is 3.05. The summed E-state index contributed by atoms with van der Waals surface area (Å²) in [5.74, 6) is 0.892. The van der Waals surface area contributed by atoms with E-state index in [-0.39, 0.29) is 11.9 Å². The van der Waals surface area contributed by atoms with Crippen LogP contribution in [-0.4, -0.2) is 49.1 Å². The Morgan fingerprint density at radius 3 is 2.76 bits per heavy atom. The van der Waals surface area contributed by atoms with Crippen LogP contribution in [0.1, 0.15) is 59.8 Å². The van der Waals surface area contributed by atoms with Crippen molar-refractivity contribution >= 4 is 5.91 Å². The Balaban J connectivity index is 2.20. The zero-order valence-electron chi connectivity index (χ0n) is 14.5. The van der Waals surface area contributed by atoms with Crippen LogP contribution in [0.4, 0.5) is 0 Å². The van der Waals surface area contributed by atoms with Crippen molar-refractivity contribution in [2.45, 2.75) is 71.9 Å². The summed E-state index contributed by atoms with van der Waals surface area (Å²) in [4.78, 5) is 14.3. The van der Waals surface area contributed by atoms with Gasteiger partial charge in [-0.3, -0.25) is 4.79 Å². The van der Waals surface area contributed by atoms with E-state index >= 15 is 0 Å². The molecule has 2 N–H and O–H groups in total. The van der Waals surface area contributed by atoms with Crippen molar-refractivity contribution in [2.24, 2.45) is 5.92 Å². The van der Waals surface area contributed by atoms with Gasteiger partial charge in [-0.25, -0.2) is 0 Å². The summed E-state index contributed by atoms with van der Waals surface area (Å²) in [6, 6.07) is 0.789. The summed E-state index contributed by atoms with van der Waals surface area (Å²) in [6.07, 6.45) is 5.44. The maximum absolute atomic E-state index is 11.7. The number of rotatable bonds is 9. The molecule has 4 nitrogen and oxygen atoms in total. The third-order valence-corrected chi connectivity index (χ3v) is 4.63. The van der Waals surface area contributed by atoms with Gasteiger partial charge in [0.15, 0.2) is 0 Å². The Labute approximate surface area is 131 Å². The number of piperidine rings is 1. The molecule has 4 heteroatoms. The molecule has 124 valence electrons. The van der Waals surface area contributed by atoms with Gasteiger partial charge in [0.05, 0.1) is 0 Å². The smallest absolute Gasteiger partial charge is 0.221 e. The highest BCUT2D eigenvalue weighted by atomic mass is 16.1. The van der Waals surface area contributed by atoms with E-state index in [1.165, 1.54) is 38.9 Å². The second-order valence-corrected chi connectivity index (χ2v) is 6.57. The minimum absolute atomic E-state index is 0.167. The molecule has 0 aromatic heterocycles. The predicted molar refractivity (Wildman–Crippen MR) is 89.4 cm³/mol. The highest BCUT2D eigenvalue weighted by Gasteiger charge is 2.23. The molecule has 1 rings (SSSR count). The molecule has 0 spiro atoms. The number of amides is 1. The summed E-state index contributed by atoms with van der Waals surface area (Å²) < 4.78 is 0. The minimum atomic E-state index is 0.167. The van der Waals surface area contributed by atoms with E-state index < -0.39 is 0 Å². The Hall–Kier alpha value is -0.610. The fourth-order valence-corrected chi connectivity index (χ4v) is 3.05. The van der Waals surface area contributed by atoms with Crippen LogP contribution in [0.3, 0.4) is 0 Å². The fraction of sp³-hybridized carbons (Fsp3) is 0.941. The van der Waals surface area contributed by atoms with Crippen molar-refractivity contribution in [3.05, 3.63) is 0 Å². The number of hydrogen-bond acceptors (Lipinski definition) is 3. The molecule has 21 heavy (non-hydrogen) atoms. The Morgan fingerprint density at radius 1 is 1.33 bits per heavy atom. The quantitative estimate of drug-likeness (QED) is 0.687. The molecular formula is C17H35N3O. The van der Waals surface area contributed by atoms with E-state index in [9.17, 15) is 4.79 Å². The van der Waals surface area contributed by atoms with Crippen molar-refractivity contribution < 1.29 is 4.79 Å². The summed E-state index contributed by atoms with van der Waals surface area (Å²) >= 11 is 0. The van der Waals surface area contributed by atoms with Gasteiger partial charge in [0.25, 0.3) is 0 Å². The first-order valence-corrected chi connectivity index (χ1v) is 8.81. The number of hydrogen-bond donors (Lipinski definition) is 2. The van der Waals surface area contributed by atoms with E-state index in [0.29, 0.717) is 12.5 Å². The number of carbonyl (C=O) groups excluding carboxylic acids is 1. The molecule has 1 heterocycles. The molecule has 1 aliphatic heterocycles. The van der Waals surface area contributed by atoms with Crippen LogP contribution in [0.2, 0.25) is 0 Å².